The number of hydrogen-bond donors (Lipinski definition) is 2. The van der Waals surface area contributed by atoms with Crippen molar-refractivity contribution >= 4 is 27.6 Å². The Hall–Kier alpha value is -2.08. The Morgan fingerprint density at radius 3 is 2.77 bits per heavy atom. The molecule has 0 atom stereocenters. The molecule has 0 aliphatic carbocycles. The first-order valence-electron chi connectivity index (χ1n) is 6.96. The molecular weight excluding hydrogens is 344 g/mol. The fourth-order valence-corrected chi connectivity index (χ4v) is 2.34. The smallest absolute Gasteiger partial charge is 0.250 e. The molecule has 1 aromatic carbocycles. The molecule has 1 heterocycles. The summed E-state index contributed by atoms with van der Waals surface area (Å²) < 4.78 is 2.45. The van der Waals surface area contributed by atoms with Crippen LogP contribution in [0, 0.1) is 13.8 Å². The monoisotopic (exact) mass is 362 g/mol. The van der Waals surface area contributed by atoms with Crippen LogP contribution >= 0.6 is 15.9 Å². The zero-order chi connectivity index (χ0) is 16.1. The molecule has 0 saturated carbocycles. The van der Waals surface area contributed by atoms with Gasteiger partial charge in [0.05, 0.1) is 6.54 Å². The second kappa shape index (κ2) is 7.26. The number of nitrogens with zero attached hydrogens (tertiary/aromatic N) is 2. The number of aryl methyl sites for hydroxylation is 2. The van der Waals surface area contributed by atoms with Crippen LogP contribution in [0.3, 0.4) is 0 Å². The topological polar surface area (TPSA) is 72.4 Å². The lowest BCUT2D eigenvalue weighted by Crippen LogP contribution is -2.25. The van der Waals surface area contributed by atoms with Crippen molar-refractivity contribution in [1.29, 1.82) is 0 Å². The molecule has 0 fully saturated rings. The van der Waals surface area contributed by atoms with Gasteiger partial charge in [-0.25, -0.2) is 0 Å². The number of hydrogen-bond acceptors (Lipinski definition) is 2. The van der Waals surface area contributed by atoms with Gasteiger partial charge < -0.3 is 15.6 Å². The molecule has 116 valence electrons. The predicted molar refractivity (Wildman–Crippen MR) is 94.4 cm³/mol. The van der Waals surface area contributed by atoms with E-state index in [1.165, 1.54) is 17.2 Å². The molecule has 5 nitrogen and oxygen atoms in total. The molecule has 3 N–H and O–H groups in total. The van der Waals surface area contributed by atoms with Crippen LogP contribution in [0.5, 0.6) is 0 Å². The normalized spacial score (nSPS) is 11.5. The number of aromatic nitrogens is 1. The van der Waals surface area contributed by atoms with Gasteiger partial charge in [0.2, 0.25) is 0 Å². The van der Waals surface area contributed by atoms with Crippen molar-refractivity contribution < 1.29 is 0 Å². The molecule has 0 amide bonds. The number of rotatable bonds is 4. The van der Waals surface area contributed by atoms with E-state index in [1.807, 2.05) is 25.1 Å². The molecule has 22 heavy (non-hydrogen) atoms. The molecule has 0 saturated heterocycles. The first-order valence-corrected chi connectivity index (χ1v) is 7.75. The number of aliphatic imine (C=N–C) groups is 1. The maximum atomic E-state index is 11.7. The lowest BCUT2D eigenvalue weighted by Gasteiger charge is -2.08. The minimum absolute atomic E-state index is 0.0564. The van der Waals surface area contributed by atoms with Gasteiger partial charge in [-0.05, 0) is 59.1 Å². The van der Waals surface area contributed by atoms with E-state index < -0.39 is 0 Å². The number of guanidine groups is 1. The Kier molecular flexibility index (Phi) is 5.38. The van der Waals surface area contributed by atoms with Gasteiger partial charge in [0, 0.05) is 29.0 Å². The lowest BCUT2D eigenvalue weighted by molar-refractivity contribution is 0.679. The summed E-state index contributed by atoms with van der Waals surface area (Å²) in [6, 6.07) is 9.26. The molecule has 6 heteroatoms. The van der Waals surface area contributed by atoms with Gasteiger partial charge in [0.25, 0.3) is 5.56 Å². The Morgan fingerprint density at radius 2 is 2.05 bits per heavy atom. The first-order chi connectivity index (χ1) is 10.5. The zero-order valence-electron chi connectivity index (χ0n) is 12.6. The number of nitrogens with one attached hydrogen (secondary N) is 1. The summed E-state index contributed by atoms with van der Waals surface area (Å²) in [5, 5.41) is 3.05. The van der Waals surface area contributed by atoms with Gasteiger partial charge in [-0.1, -0.05) is 6.07 Å². The predicted octanol–water partition coefficient (Wildman–Crippen LogP) is 2.65. The molecule has 2 rings (SSSR count). The standard InChI is InChI=1S/C16H19BrN4O/c1-11-3-5-14(9-12(11)2)20-16(18)19-7-8-21-10-13(17)4-6-15(21)22/h3-6,9-10H,7-8H2,1-2H3,(H3,18,19,20). The fraction of sp³-hybridized carbons (Fsp3) is 0.250. The van der Waals surface area contributed by atoms with Crippen LogP contribution < -0.4 is 16.6 Å². The zero-order valence-corrected chi connectivity index (χ0v) is 14.2. The van der Waals surface area contributed by atoms with Crippen molar-refractivity contribution in [2.45, 2.75) is 20.4 Å². The highest BCUT2D eigenvalue weighted by molar-refractivity contribution is 9.10. The van der Waals surface area contributed by atoms with Gasteiger partial charge in [-0.15, -0.1) is 0 Å². The lowest BCUT2D eigenvalue weighted by atomic mass is 10.1. The highest BCUT2D eigenvalue weighted by Crippen LogP contribution is 2.13. The van der Waals surface area contributed by atoms with E-state index in [0.29, 0.717) is 19.0 Å². The molecule has 0 spiro atoms. The number of anilines is 1. The molecule has 0 aliphatic rings. The Morgan fingerprint density at radius 1 is 1.27 bits per heavy atom. The molecule has 1 aromatic heterocycles. The molecule has 0 aliphatic heterocycles. The summed E-state index contributed by atoms with van der Waals surface area (Å²) in [4.78, 5) is 15.9. The van der Waals surface area contributed by atoms with Crippen molar-refractivity contribution in [3.63, 3.8) is 0 Å². The molecular formula is C16H19BrN4O. The van der Waals surface area contributed by atoms with E-state index in [4.69, 9.17) is 5.73 Å². The van der Waals surface area contributed by atoms with Gasteiger partial charge >= 0.3 is 0 Å². The van der Waals surface area contributed by atoms with Crippen molar-refractivity contribution in [3.05, 3.63) is 62.5 Å². The van der Waals surface area contributed by atoms with Gasteiger partial charge in [0.1, 0.15) is 0 Å². The van der Waals surface area contributed by atoms with E-state index in [-0.39, 0.29) is 5.56 Å². The average Bonchev–Trinajstić information content (AvgIpc) is 2.46. The number of nitrogens with two attached hydrogens (primary N) is 1. The molecule has 0 unspecified atom stereocenters. The van der Waals surface area contributed by atoms with Crippen molar-refractivity contribution in [1.82, 2.24) is 4.57 Å². The summed E-state index contributed by atoms with van der Waals surface area (Å²) in [6.45, 7) is 5.02. The number of benzene rings is 1. The van der Waals surface area contributed by atoms with E-state index in [0.717, 1.165) is 10.2 Å². The maximum absolute atomic E-state index is 11.7. The quantitative estimate of drug-likeness (QED) is 0.648. The molecule has 0 radical (unpaired) electrons. The summed E-state index contributed by atoms with van der Waals surface area (Å²) >= 11 is 3.34. The third-order valence-corrected chi connectivity index (χ3v) is 3.82. The second-order valence-electron chi connectivity index (χ2n) is 5.07. The highest BCUT2D eigenvalue weighted by atomic mass is 79.9. The number of pyridine rings is 1. The minimum Gasteiger partial charge on any atom is -0.370 e. The van der Waals surface area contributed by atoms with Crippen LogP contribution in [0.2, 0.25) is 0 Å². The Labute approximate surface area is 138 Å². The van der Waals surface area contributed by atoms with Gasteiger partial charge in [-0.3, -0.25) is 9.79 Å². The summed E-state index contributed by atoms with van der Waals surface area (Å²) in [5.74, 6) is 0.339. The van der Waals surface area contributed by atoms with Crippen molar-refractivity contribution in [2.75, 3.05) is 11.9 Å². The van der Waals surface area contributed by atoms with Crippen LogP contribution in [0.1, 0.15) is 11.1 Å². The highest BCUT2D eigenvalue weighted by Gasteiger charge is 1.99. The fourth-order valence-electron chi connectivity index (χ4n) is 1.96. The maximum Gasteiger partial charge on any atom is 0.250 e. The van der Waals surface area contributed by atoms with Gasteiger partial charge in [-0.2, -0.15) is 0 Å². The van der Waals surface area contributed by atoms with Crippen LogP contribution in [-0.2, 0) is 6.54 Å². The van der Waals surface area contributed by atoms with Gasteiger partial charge in [0.15, 0.2) is 5.96 Å². The SMILES string of the molecule is Cc1ccc(NC(N)=NCCn2cc(Br)ccc2=O)cc1C. The first kappa shape index (κ1) is 16.3. The van der Waals surface area contributed by atoms with E-state index in [2.05, 4.69) is 33.2 Å². The Bertz CT molecular complexity index is 752. The van der Waals surface area contributed by atoms with E-state index in [9.17, 15) is 4.79 Å². The summed E-state index contributed by atoms with van der Waals surface area (Å²) in [5.41, 5.74) is 9.14. The molecule has 2 aromatic rings. The Balaban J connectivity index is 1.96. The van der Waals surface area contributed by atoms with Crippen LogP contribution in [0.25, 0.3) is 0 Å². The van der Waals surface area contributed by atoms with E-state index >= 15 is 0 Å². The third kappa shape index (κ3) is 4.46. The van der Waals surface area contributed by atoms with Crippen LogP contribution in [0.15, 0.2) is 50.8 Å². The molecule has 0 bridgehead atoms. The van der Waals surface area contributed by atoms with Crippen molar-refractivity contribution in [2.24, 2.45) is 10.7 Å². The van der Waals surface area contributed by atoms with E-state index in [1.54, 1.807) is 16.8 Å². The second-order valence-corrected chi connectivity index (χ2v) is 5.99. The van der Waals surface area contributed by atoms with Crippen LogP contribution in [0.4, 0.5) is 5.69 Å². The van der Waals surface area contributed by atoms with Crippen LogP contribution in [-0.4, -0.2) is 17.1 Å². The average molecular weight is 363 g/mol. The minimum atomic E-state index is -0.0564. The van der Waals surface area contributed by atoms with Crippen molar-refractivity contribution in [3.8, 4) is 0 Å². The third-order valence-electron chi connectivity index (χ3n) is 3.35. The summed E-state index contributed by atoms with van der Waals surface area (Å²) in [7, 11) is 0. The summed E-state index contributed by atoms with van der Waals surface area (Å²) in [6.07, 6.45) is 1.74. The largest absolute Gasteiger partial charge is 0.370 e. The number of halogens is 1.